The Morgan fingerprint density at radius 2 is 1.69 bits per heavy atom. The van der Waals surface area contributed by atoms with Gasteiger partial charge in [0.15, 0.2) is 5.78 Å². The molecule has 0 aliphatic heterocycles. The lowest BCUT2D eigenvalue weighted by molar-refractivity contribution is -0.131. The standard InChI is InChI=1S/C14H24O2/c1-11(8-9-13(2,3)4)16-10-12(15)14(5,6)7/h11H,10H2,1-7H3. The fraction of sp³-hybridized carbons (Fsp3) is 0.786. The van der Waals surface area contributed by atoms with Crippen molar-refractivity contribution in [1.29, 1.82) is 0 Å². The fourth-order valence-electron chi connectivity index (χ4n) is 0.777. The molecule has 0 rings (SSSR count). The average molecular weight is 224 g/mol. The minimum absolute atomic E-state index is 0.0222. The predicted octanol–water partition coefficient (Wildman–Crippen LogP) is 3.06. The van der Waals surface area contributed by atoms with E-state index < -0.39 is 0 Å². The lowest BCUT2D eigenvalue weighted by Crippen LogP contribution is -2.26. The molecule has 0 spiro atoms. The van der Waals surface area contributed by atoms with Crippen LogP contribution in [0.25, 0.3) is 0 Å². The summed E-state index contributed by atoms with van der Waals surface area (Å²) in [5, 5.41) is 0. The highest BCUT2D eigenvalue weighted by Gasteiger charge is 2.21. The number of hydrogen-bond acceptors (Lipinski definition) is 2. The quantitative estimate of drug-likeness (QED) is 0.689. The molecule has 0 saturated heterocycles. The van der Waals surface area contributed by atoms with Crippen LogP contribution in [0.2, 0.25) is 0 Å². The molecule has 0 aromatic carbocycles. The number of ketones is 1. The Kier molecular flexibility index (Phi) is 5.22. The van der Waals surface area contributed by atoms with Gasteiger partial charge in [-0.3, -0.25) is 4.79 Å². The molecule has 0 saturated carbocycles. The molecule has 1 atom stereocenters. The van der Waals surface area contributed by atoms with Crippen LogP contribution in [0.3, 0.4) is 0 Å². The highest BCUT2D eigenvalue weighted by molar-refractivity contribution is 5.84. The van der Waals surface area contributed by atoms with E-state index in [0.29, 0.717) is 0 Å². The maximum absolute atomic E-state index is 11.6. The van der Waals surface area contributed by atoms with Gasteiger partial charge in [-0.05, 0) is 27.7 Å². The van der Waals surface area contributed by atoms with E-state index in [-0.39, 0.29) is 29.3 Å². The van der Waals surface area contributed by atoms with Crippen molar-refractivity contribution in [3.8, 4) is 11.8 Å². The molecule has 0 aliphatic carbocycles. The third-order valence-corrected chi connectivity index (χ3v) is 1.95. The van der Waals surface area contributed by atoms with Crippen molar-refractivity contribution in [3.05, 3.63) is 0 Å². The third-order valence-electron chi connectivity index (χ3n) is 1.95. The van der Waals surface area contributed by atoms with Gasteiger partial charge in [0.2, 0.25) is 0 Å². The SMILES string of the molecule is CC(C#CC(C)(C)C)OCC(=O)C(C)(C)C. The van der Waals surface area contributed by atoms with Crippen LogP contribution in [0.4, 0.5) is 0 Å². The van der Waals surface area contributed by atoms with Gasteiger partial charge in [-0.1, -0.05) is 32.6 Å². The van der Waals surface area contributed by atoms with Crippen LogP contribution in [0.5, 0.6) is 0 Å². The molecular formula is C14H24O2. The molecule has 0 aliphatic rings. The van der Waals surface area contributed by atoms with E-state index in [0.717, 1.165) is 0 Å². The van der Waals surface area contributed by atoms with E-state index in [2.05, 4.69) is 11.8 Å². The molecule has 1 unspecified atom stereocenters. The van der Waals surface area contributed by atoms with Gasteiger partial charge in [0.05, 0.1) is 0 Å². The van der Waals surface area contributed by atoms with Crippen molar-refractivity contribution in [3.63, 3.8) is 0 Å². The van der Waals surface area contributed by atoms with Gasteiger partial charge in [0.1, 0.15) is 12.7 Å². The van der Waals surface area contributed by atoms with Gasteiger partial charge in [0.25, 0.3) is 0 Å². The number of hydrogen-bond donors (Lipinski definition) is 0. The van der Waals surface area contributed by atoms with E-state index in [4.69, 9.17) is 4.74 Å². The minimum Gasteiger partial charge on any atom is -0.358 e. The van der Waals surface area contributed by atoms with E-state index in [1.807, 2.05) is 48.5 Å². The monoisotopic (exact) mass is 224 g/mol. The Morgan fingerprint density at radius 1 is 1.19 bits per heavy atom. The van der Waals surface area contributed by atoms with E-state index in [1.165, 1.54) is 0 Å². The van der Waals surface area contributed by atoms with E-state index in [9.17, 15) is 4.79 Å². The molecule has 0 aromatic heterocycles. The summed E-state index contributed by atoms with van der Waals surface area (Å²) in [6.45, 7) is 13.8. The van der Waals surface area contributed by atoms with Crippen molar-refractivity contribution in [1.82, 2.24) is 0 Å². The summed E-state index contributed by atoms with van der Waals surface area (Å²) in [6.07, 6.45) is -0.189. The maximum atomic E-state index is 11.6. The van der Waals surface area contributed by atoms with Crippen molar-refractivity contribution in [2.24, 2.45) is 10.8 Å². The molecular weight excluding hydrogens is 200 g/mol. The van der Waals surface area contributed by atoms with E-state index >= 15 is 0 Å². The van der Waals surface area contributed by atoms with Gasteiger partial charge in [-0.25, -0.2) is 0 Å². The molecule has 0 N–H and O–H groups in total. The summed E-state index contributed by atoms with van der Waals surface area (Å²) in [5.41, 5.74) is -0.358. The van der Waals surface area contributed by atoms with Crippen LogP contribution in [0.15, 0.2) is 0 Å². The zero-order valence-corrected chi connectivity index (χ0v) is 11.6. The lowest BCUT2D eigenvalue weighted by Gasteiger charge is -2.17. The molecule has 0 fully saturated rings. The maximum Gasteiger partial charge on any atom is 0.163 e. The molecule has 0 aromatic rings. The molecule has 0 heterocycles. The highest BCUT2D eigenvalue weighted by Crippen LogP contribution is 2.15. The van der Waals surface area contributed by atoms with Crippen molar-refractivity contribution in [2.75, 3.05) is 6.61 Å². The largest absolute Gasteiger partial charge is 0.358 e. The Bertz CT molecular complexity index is 291. The zero-order valence-electron chi connectivity index (χ0n) is 11.6. The van der Waals surface area contributed by atoms with Crippen molar-refractivity contribution in [2.45, 2.75) is 54.6 Å². The second kappa shape index (κ2) is 5.50. The van der Waals surface area contributed by atoms with Crippen LogP contribution >= 0.6 is 0 Å². The Balaban J connectivity index is 4.13. The lowest BCUT2D eigenvalue weighted by atomic mass is 9.91. The molecule has 16 heavy (non-hydrogen) atoms. The Hall–Kier alpha value is -0.810. The summed E-state index contributed by atoms with van der Waals surface area (Å²) in [6, 6.07) is 0. The average Bonchev–Trinajstić information content (AvgIpc) is 2.08. The molecule has 2 heteroatoms. The molecule has 0 radical (unpaired) electrons. The summed E-state index contributed by atoms with van der Waals surface area (Å²) < 4.78 is 5.40. The van der Waals surface area contributed by atoms with E-state index in [1.54, 1.807) is 0 Å². The third kappa shape index (κ3) is 7.48. The summed E-state index contributed by atoms with van der Waals surface area (Å²) >= 11 is 0. The molecule has 0 amide bonds. The fourth-order valence-corrected chi connectivity index (χ4v) is 0.777. The number of carbonyl (C=O) groups is 1. The number of carbonyl (C=O) groups excluding carboxylic acids is 1. The summed E-state index contributed by atoms with van der Waals surface area (Å²) in [4.78, 5) is 11.6. The number of ether oxygens (including phenoxy) is 1. The van der Waals surface area contributed by atoms with Crippen LogP contribution in [-0.2, 0) is 9.53 Å². The van der Waals surface area contributed by atoms with Gasteiger partial charge in [0, 0.05) is 10.8 Å². The normalized spacial score (nSPS) is 13.9. The number of Topliss-reactive ketones (excluding diaryl/α,β-unsaturated/α-hetero) is 1. The first-order valence-corrected chi connectivity index (χ1v) is 5.70. The Labute approximate surface area is 99.8 Å². The first kappa shape index (κ1) is 15.2. The molecule has 2 nitrogen and oxygen atoms in total. The Morgan fingerprint density at radius 3 is 2.06 bits per heavy atom. The second-order valence-electron chi connectivity index (χ2n) is 6.15. The first-order valence-electron chi connectivity index (χ1n) is 5.70. The van der Waals surface area contributed by atoms with Gasteiger partial charge in [-0.2, -0.15) is 0 Å². The van der Waals surface area contributed by atoms with Crippen molar-refractivity contribution < 1.29 is 9.53 Å². The predicted molar refractivity (Wildman–Crippen MR) is 67.1 cm³/mol. The summed E-state index contributed by atoms with van der Waals surface area (Å²) in [7, 11) is 0. The second-order valence-corrected chi connectivity index (χ2v) is 6.15. The van der Waals surface area contributed by atoms with Crippen LogP contribution < -0.4 is 0 Å². The van der Waals surface area contributed by atoms with Crippen LogP contribution in [0.1, 0.15) is 48.5 Å². The molecule has 0 bridgehead atoms. The molecule has 92 valence electrons. The van der Waals surface area contributed by atoms with Crippen molar-refractivity contribution >= 4 is 5.78 Å². The van der Waals surface area contributed by atoms with Crippen LogP contribution in [-0.4, -0.2) is 18.5 Å². The number of rotatable bonds is 3. The minimum atomic E-state index is -0.336. The van der Waals surface area contributed by atoms with Gasteiger partial charge < -0.3 is 4.74 Å². The van der Waals surface area contributed by atoms with Gasteiger partial charge >= 0.3 is 0 Å². The zero-order chi connectivity index (χ0) is 13.0. The van der Waals surface area contributed by atoms with Gasteiger partial charge in [-0.15, -0.1) is 0 Å². The topological polar surface area (TPSA) is 26.3 Å². The highest BCUT2D eigenvalue weighted by atomic mass is 16.5. The summed E-state index contributed by atoms with van der Waals surface area (Å²) in [5.74, 6) is 6.21. The van der Waals surface area contributed by atoms with Crippen LogP contribution in [0, 0.1) is 22.7 Å². The smallest absolute Gasteiger partial charge is 0.163 e. The first-order chi connectivity index (χ1) is 7.02.